The molecular weight excluding hydrogens is 365 g/mol. The molecule has 2 nitrogen and oxygen atoms in total. The van der Waals surface area contributed by atoms with Gasteiger partial charge < -0.3 is 10.6 Å². The van der Waals surface area contributed by atoms with E-state index < -0.39 is 11.6 Å². The van der Waals surface area contributed by atoms with Crippen LogP contribution < -0.4 is 10.6 Å². The molecule has 0 amide bonds. The first-order chi connectivity index (χ1) is 9.95. The van der Waals surface area contributed by atoms with Crippen molar-refractivity contribution in [2.45, 2.75) is 6.54 Å². The van der Waals surface area contributed by atoms with Crippen LogP contribution in [0.2, 0.25) is 0 Å². The molecule has 110 valence electrons. The monoisotopic (exact) mass is 374 g/mol. The third-order valence-corrected chi connectivity index (χ3v) is 3.53. The number of benzene rings is 2. The molecule has 2 aromatic carbocycles. The van der Waals surface area contributed by atoms with Crippen molar-refractivity contribution in [1.29, 1.82) is 0 Å². The van der Waals surface area contributed by atoms with E-state index in [2.05, 4.69) is 26.6 Å². The third-order valence-electron chi connectivity index (χ3n) is 2.63. The first-order valence-corrected chi connectivity index (χ1v) is 7.09. The van der Waals surface area contributed by atoms with Crippen LogP contribution in [0.3, 0.4) is 0 Å². The summed E-state index contributed by atoms with van der Waals surface area (Å²) < 4.78 is 39.9. The summed E-state index contributed by atoms with van der Waals surface area (Å²) in [7, 11) is 0. The lowest BCUT2D eigenvalue weighted by Crippen LogP contribution is -2.28. The summed E-state index contributed by atoms with van der Waals surface area (Å²) in [6.45, 7) is 0.0360. The van der Waals surface area contributed by atoms with Gasteiger partial charge >= 0.3 is 0 Å². The zero-order chi connectivity index (χ0) is 15.4. The van der Waals surface area contributed by atoms with E-state index in [1.165, 1.54) is 18.2 Å². The highest BCUT2D eigenvalue weighted by atomic mass is 79.9. The summed E-state index contributed by atoms with van der Waals surface area (Å²) in [5.41, 5.74) is 0.728. The minimum absolute atomic E-state index is 0.0360. The van der Waals surface area contributed by atoms with Gasteiger partial charge in [-0.3, -0.25) is 0 Å². The quantitative estimate of drug-likeness (QED) is 0.780. The highest BCUT2D eigenvalue weighted by Crippen LogP contribution is 2.22. The summed E-state index contributed by atoms with van der Waals surface area (Å²) in [5, 5.41) is 5.80. The Balaban J connectivity index is 1.97. The second kappa shape index (κ2) is 6.91. The molecule has 0 spiro atoms. The maximum Gasteiger partial charge on any atom is 0.171 e. The van der Waals surface area contributed by atoms with Gasteiger partial charge in [0, 0.05) is 16.6 Å². The normalized spacial score (nSPS) is 10.3. The lowest BCUT2D eigenvalue weighted by molar-refractivity contribution is 0.582. The predicted octanol–water partition coefficient (Wildman–Crippen LogP) is 4.35. The second-order valence-corrected chi connectivity index (χ2v) is 5.43. The van der Waals surface area contributed by atoms with Crippen molar-refractivity contribution in [3.05, 3.63) is 63.9 Å². The van der Waals surface area contributed by atoms with E-state index in [1.54, 1.807) is 0 Å². The molecule has 0 aliphatic rings. The Labute approximate surface area is 133 Å². The van der Waals surface area contributed by atoms with Crippen molar-refractivity contribution in [2.75, 3.05) is 5.32 Å². The molecule has 2 aromatic rings. The van der Waals surface area contributed by atoms with Crippen molar-refractivity contribution in [1.82, 2.24) is 5.32 Å². The molecule has 0 saturated heterocycles. The van der Waals surface area contributed by atoms with Gasteiger partial charge in [-0.25, -0.2) is 13.2 Å². The summed E-state index contributed by atoms with van der Waals surface area (Å²) in [4.78, 5) is 0. The Kier molecular flexibility index (Phi) is 5.19. The van der Waals surface area contributed by atoms with Crippen LogP contribution in [0, 0.1) is 17.5 Å². The molecule has 0 saturated carbocycles. The second-order valence-electron chi connectivity index (χ2n) is 4.17. The molecule has 21 heavy (non-hydrogen) atoms. The SMILES string of the molecule is Fc1ccc(NC(=S)NCc2cc(F)ccc2F)c(Br)c1. The molecule has 0 unspecified atom stereocenters. The van der Waals surface area contributed by atoms with E-state index in [0.29, 0.717) is 10.2 Å². The lowest BCUT2D eigenvalue weighted by Gasteiger charge is -2.12. The minimum atomic E-state index is -0.520. The number of thiocarbonyl (C=S) groups is 1. The topological polar surface area (TPSA) is 24.1 Å². The highest BCUT2D eigenvalue weighted by Gasteiger charge is 2.06. The summed E-state index contributed by atoms with van der Waals surface area (Å²) in [5.74, 6) is -1.42. The first kappa shape index (κ1) is 15.8. The summed E-state index contributed by atoms with van der Waals surface area (Å²) >= 11 is 8.24. The molecule has 0 fully saturated rings. The molecule has 2 N–H and O–H groups in total. The number of halogens is 4. The van der Waals surface area contributed by atoms with Crippen molar-refractivity contribution >= 4 is 38.9 Å². The van der Waals surface area contributed by atoms with E-state index >= 15 is 0 Å². The smallest absolute Gasteiger partial charge is 0.171 e. The largest absolute Gasteiger partial charge is 0.358 e. The van der Waals surface area contributed by atoms with Gasteiger partial charge in [-0.1, -0.05) is 0 Å². The molecule has 7 heteroatoms. The highest BCUT2D eigenvalue weighted by molar-refractivity contribution is 9.10. The van der Waals surface area contributed by atoms with Crippen molar-refractivity contribution in [2.24, 2.45) is 0 Å². The molecule has 0 aromatic heterocycles. The zero-order valence-electron chi connectivity index (χ0n) is 10.6. The molecule has 2 rings (SSSR count). The molecule has 0 atom stereocenters. The van der Waals surface area contributed by atoms with E-state index in [4.69, 9.17) is 12.2 Å². The van der Waals surface area contributed by atoms with Crippen LogP contribution in [0.4, 0.5) is 18.9 Å². The fraction of sp³-hybridized carbons (Fsp3) is 0.0714. The van der Waals surface area contributed by atoms with E-state index in [1.807, 2.05) is 0 Å². The van der Waals surface area contributed by atoms with Crippen LogP contribution >= 0.6 is 28.1 Å². The van der Waals surface area contributed by atoms with Gasteiger partial charge in [0.05, 0.1) is 5.69 Å². The Bertz CT molecular complexity index is 679. The van der Waals surface area contributed by atoms with Gasteiger partial charge in [0.25, 0.3) is 0 Å². The number of hydrogen-bond donors (Lipinski definition) is 2. The van der Waals surface area contributed by atoms with Crippen molar-refractivity contribution in [3.8, 4) is 0 Å². The zero-order valence-corrected chi connectivity index (χ0v) is 13.0. The molecule has 0 radical (unpaired) electrons. The number of anilines is 1. The Morgan fingerprint density at radius 3 is 2.43 bits per heavy atom. The Morgan fingerprint density at radius 2 is 1.71 bits per heavy atom. The van der Waals surface area contributed by atoms with Crippen molar-refractivity contribution in [3.63, 3.8) is 0 Å². The predicted molar refractivity (Wildman–Crippen MR) is 83.5 cm³/mol. The maximum atomic E-state index is 13.4. The fourth-order valence-corrected chi connectivity index (χ4v) is 2.24. The molecule has 0 heterocycles. The van der Waals surface area contributed by atoms with Crippen LogP contribution in [0.15, 0.2) is 40.9 Å². The van der Waals surface area contributed by atoms with E-state index in [9.17, 15) is 13.2 Å². The standard InChI is InChI=1S/C14H10BrF3N2S/c15-11-6-10(17)2-4-13(11)20-14(21)19-7-8-5-9(16)1-3-12(8)18/h1-6H,7H2,(H2,19,20,21). The van der Waals surface area contributed by atoms with Crippen LogP contribution in [0.5, 0.6) is 0 Å². The van der Waals surface area contributed by atoms with Crippen LogP contribution in [0.25, 0.3) is 0 Å². The fourth-order valence-electron chi connectivity index (χ4n) is 1.61. The van der Waals surface area contributed by atoms with Crippen LogP contribution in [0.1, 0.15) is 5.56 Å². The van der Waals surface area contributed by atoms with Gasteiger partial charge in [0.15, 0.2) is 5.11 Å². The molecule has 0 bridgehead atoms. The summed E-state index contributed by atoms with van der Waals surface area (Å²) in [6, 6.07) is 7.28. The maximum absolute atomic E-state index is 13.4. The Morgan fingerprint density at radius 1 is 1.05 bits per heavy atom. The first-order valence-electron chi connectivity index (χ1n) is 5.89. The van der Waals surface area contributed by atoms with Gasteiger partial charge in [0.2, 0.25) is 0 Å². The minimum Gasteiger partial charge on any atom is -0.358 e. The van der Waals surface area contributed by atoms with Gasteiger partial charge in [-0.2, -0.15) is 0 Å². The van der Waals surface area contributed by atoms with Crippen LogP contribution in [-0.4, -0.2) is 5.11 Å². The molecule has 0 aliphatic heterocycles. The Hall–Kier alpha value is -1.60. The number of hydrogen-bond acceptors (Lipinski definition) is 1. The number of rotatable bonds is 3. The molecular formula is C14H10BrF3N2S. The van der Waals surface area contributed by atoms with Gasteiger partial charge in [-0.05, 0) is 64.5 Å². The van der Waals surface area contributed by atoms with E-state index in [-0.39, 0.29) is 23.0 Å². The lowest BCUT2D eigenvalue weighted by atomic mass is 10.2. The van der Waals surface area contributed by atoms with Gasteiger partial charge in [0.1, 0.15) is 17.5 Å². The van der Waals surface area contributed by atoms with E-state index in [0.717, 1.165) is 18.2 Å². The average Bonchev–Trinajstić information content (AvgIpc) is 2.43. The third kappa shape index (κ3) is 4.44. The average molecular weight is 375 g/mol. The summed E-state index contributed by atoms with van der Waals surface area (Å²) in [6.07, 6.45) is 0. The number of nitrogens with one attached hydrogen (secondary N) is 2. The van der Waals surface area contributed by atoms with Crippen LogP contribution in [-0.2, 0) is 6.54 Å². The van der Waals surface area contributed by atoms with Gasteiger partial charge in [-0.15, -0.1) is 0 Å². The molecule has 0 aliphatic carbocycles. The van der Waals surface area contributed by atoms with Crippen molar-refractivity contribution < 1.29 is 13.2 Å².